The molecule has 0 saturated heterocycles. The molecule has 1 aromatic carbocycles. The number of anilines is 1. The van der Waals surface area contributed by atoms with Gasteiger partial charge in [-0.15, -0.1) is 0 Å². The highest BCUT2D eigenvalue weighted by atomic mass is 35.5. The van der Waals surface area contributed by atoms with Crippen LogP contribution in [-0.4, -0.2) is 9.97 Å². The number of nitrogen functional groups attached to an aromatic ring is 1. The van der Waals surface area contributed by atoms with Crippen molar-refractivity contribution < 1.29 is 0 Å². The predicted molar refractivity (Wildman–Crippen MR) is 79.1 cm³/mol. The van der Waals surface area contributed by atoms with Gasteiger partial charge in [0.25, 0.3) is 0 Å². The lowest BCUT2D eigenvalue weighted by Gasteiger charge is -2.15. The summed E-state index contributed by atoms with van der Waals surface area (Å²) in [5.41, 5.74) is 5.39. The van der Waals surface area contributed by atoms with E-state index in [4.69, 9.17) is 17.4 Å². The summed E-state index contributed by atoms with van der Waals surface area (Å²) in [5, 5.41) is 0.627. The van der Waals surface area contributed by atoms with Crippen LogP contribution in [0.3, 0.4) is 0 Å². The largest absolute Gasteiger partial charge is 0.308 e. The highest BCUT2D eigenvalue weighted by Crippen LogP contribution is 2.30. The molecule has 0 unspecified atom stereocenters. The van der Waals surface area contributed by atoms with E-state index in [0.717, 1.165) is 16.8 Å². The number of nitrogens with zero attached hydrogens (tertiary/aromatic N) is 2. The molecule has 19 heavy (non-hydrogen) atoms. The number of halogens is 1. The first kappa shape index (κ1) is 13.8. The van der Waals surface area contributed by atoms with Gasteiger partial charge in [0.15, 0.2) is 5.82 Å². The Morgan fingerprint density at radius 1 is 1.21 bits per heavy atom. The van der Waals surface area contributed by atoms with Crippen LogP contribution in [0.25, 0.3) is 11.4 Å². The molecule has 4 nitrogen and oxygen atoms in total. The Kier molecular flexibility index (Phi) is 4.02. The van der Waals surface area contributed by atoms with Gasteiger partial charge >= 0.3 is 0 Å². The predicted octanol–water partition coefficient (Wildman–Crippen LogP) is 3.51. The molecular weight excluding hydrogens is 260 g/mol. The standard InChI is InChI=1S/C14H17ClN4/c1-8(2)12-9(3)17-13(18-14(12)19-16)10-6-4-5-7-11(10)15/h4-8H,16H2,1-3H3,(H,17,18,19). The first-order chi connectivity index (χ1) is 9.04. The number of hydrogen-bond donors (Lipinski definition) is 2. The highest BCUT2D eigenvalue weighted by Gasteiger charge is 2.15. The third-order valence-corrected chi connectivity index (χ3v) is 3.29. The van der Waals surface area contributed by atoms with E-state index in [9.17, 15) is 0 Å². The number of rotatable bonds is 3. The molecule has 0 aliphatic carbocycles. The Hall–Kier alpha value is -1.65. The molecule has 0 fully saturated rings. The van der Waals surface area contributed by atoms with E-state index in [1.807, 2.05) is 31.2 Å². The third kappa shape index (κ3) is 2.69. The van der Waals surface area contributed by atoms with Crippen LogP contribution in [0, 0.1) is 6.92 Å². The molecule has 0 aliphatic rings. The molecule has 5 heteroatoms. The second-order valence-corrected chi connectivity index (χ2v) is 5.08. The number of nitrogens with two attached hydrogens (primary N) is 1. The summed E-state index contributed by atoms with van der Waals surface area (Å²) < 4.78 is 0. The maximum absolute atomic E-state index is 6.18. The van der Waals surface area contributed by atoms with Crippen molar-refractivity contribution in [2.24, 2.45) is 5.84 Å². The maximum Gasteiger partial charge on any atom is 0.163 e. The summed E-state index contributed by atoms with van der Waals surface area (Å²) in [7, 11) is 0. The summed E-state index contributed by atoms with van der Waals surface area (Å²) in [5.74, 6) is 7.10. The summed E-state index contributed by atoms with van der Waals surface area (Å²) in [6, 6.07) is 7.50. The molecule has 0 saturated carbocycles. The van der Waals surface area contributed by atoms with Gasteiger partial charge in [0.1, 0.15) is 5.82 Å². The van der Waals surface area contributed by atoms with Crippen molar-refractivity contribution in [2.45, 2.75) is 26.7 Å². The number of aromatic nitrogens is 2. The van der Waals surface area contributed by atoms with Gasteiger partial charge in [-0.1, -0.05) is 37.6 Å². The van der Waals surface area contributed by atoms with E-state index < -0.39 is 0 Å². The zero-order chi connectivity index (χ0) is 14.0. The van der Waals surface area contributed by atoms with Gasteiger partial charge < -0.3 is 5.43 Å². The number of aryl methyl sites for hydroxylation is 1. The smallest absolute Gasteiger partial charge is 0.163 e. The zero-order valence-electron chi connectivity index (χ0n) is 11.2. The Morgan fingerprint density at radius 3 is 2.47 bits per heavy atom. The first-order valence-electron chi connectivity index (χ1n) is 6.14. The first-order valence-corrected chi connectivity index (χ1v) is 6.52. The molecule has 1 heterocycles. The van der Waals surface area contributed by atoms with Crippen molar-refractivity contribution in [1.82, 2.24) is 9.97 Å². The molecule has 3 N–H and O–H groups in total. The molecule has 2 aromatic rings. The SMILES string of the molecule is Cc1nc(-c2ccccc2Cl)nc(NN)c1C(C)C. The van der Waals surface area contributed by atoms with Crippen LogP contribution in [0.15, 0.2) is 24.3 Å². The second-order valence-electron chi connectivity index (χ2n) is 4.67. The summed E-state index contributed by atoms with van der Waals surface area (Å²) in [4.78, 5) is 9.02. The number of nitrogens with one attached hydrogen (secondary N) is 1. The van der Waals surface area contributed by atoms with Crippen LogP contribution >= 0.6 is 11.6 Å². The molecule has 0 spiro atoms. The molecule has 0 radical (unpaired) electrons. The van der Waals surface area contributed by atoms with Gasteiger partial charge in [-0.3, -0.25) is 0 Å². The van der Waals surface area contributed by atoms with Gasteiger partial charge in [-0.25, -0.2) is 15.8 Å². The average molecular weight is 277 g/mol. The van der Waals surface area contributed by atoms with E-state index in [1.54, 1.807) is 0 Å². The second kappa shape index (κ2) is 5.55. The Balaban J connectivity index is 2.62. The fourth-order valence-corrected chi connectivity index (χ4v) is 2.37. The lowest BCUT2D eigenvalue weighted by Crippen LogP contribution is -2.14. The monoisotopic (exact) mass is 276 g/mol. The van der Waals surface area contributed by atoms with Crippen LogP contribution in [0.1, 0.15) is 31.0 Å². The van der Waals surface area contributed by atoms with E-state index in [-0.39, 0.29) is 0 Å². The van der Waals surface area contributed by atoms with Crippen molar-refractivity contribution in [3.8, 4) is 11.4 Å². The third-order valence-electron chi connectivity index (χ3n) is 2.97. The fourth-order valence-electron chi connectivity index (χ4n) is 2.15. The highest BCUT2D eigenvalue weighted by molar-refractivity contribution is 6.33. The Labute approximate surface area is 118 Å². The van der Waals surface area contributed by atoms with Crippen molar-refractivity contribution in [3.63, 3.8) is 0 Å². The van der Waals surface area contributed by atoms with Crippen molar-refractivity contribution >= 4 is 17.4 Å². The molecule has 0 amide bonds. The molecular formula is C14H17ClN4. The maximum atomic E-state index is 6.18. The van der Waals surface area contributed by atoms with Gasteiger partial charge in [0.2, 0.25) is 0 Å². The van der Waals surface area contributed by atoms with Gasteiger partial charge in [-0.2, -0.15) is 0 Å². The molecule has 0 bridgehead atoms. The van der Waals surface area contributed by atoms with E-state index >= 15 is 0 Å². The average Bonchev–Trinajstić information content (AvgIpc) is 2.37. The van der Waals surface area contributed by atoms with E-state index in [2.05, 4.69) is 29.2 Å². The Bertz CT molecular complexity index is 596. The topological polar surface area (TPSA) is 63.8 Å². The van der Waals surface area contributed by atoms with Gasteiger partial charge in [0, 0.05) is 16.8 Å². The lowest BCUT2D eigenvalue weighted by molar-refractivity contribution is 0.832. The normalized spacial score (nSPS) is 10.8. The lowest BCUT2D eigenvalue weighted by atomic mass is 10.0. The minimum atomic E-state index is 0.298. The summed E-state index contributed by atoms with van der Waals surface area (Å²) in [6.07, 6.45) is 0. The summed E-state index contributed by atoms with van der Waals surface area (Å²) >= 11 is 6.18. The van der Waals surface area contributed by atoms with E-state index in [0.29, 0.717) is 22.6 Å². The van der Waals surface area contributed by atoms with Crippen molar-refractivity contribution in [3.05, 3.63) is 40.5 Å². The zero-order valence-corrected chi connectivity index (χ0v) is 12.0. The molecule has 1 aromatic heterocycles. The van der Waals surface area contributed by atoms with Crippen LogP contribution in [-0.2, 0) is 0 Å². The van der Waals surface area contributed by atoms with Crippen LogP contribution in [0.4, 0.5) is 5.82 Å². The number of hydrazine groups is 1. The summed E-state index contributed by atoms with van der Waals surface area (Å²) in [6.45, 7) is 6.13. The van der Waals surface area contributed by atoms with Gasteiger partial charge in [0.05, 0.1) is 5.02 Å². The molecule has 100 valence electrons. The number of hydrogen-bond acceptors (Lipinski definition) is 4. The van der Waals surface area contributed by atoms with E-state index in [1.165, 1.54) is 0 Å². The van der Waals surface area contributed by atoms with Crippen molar-refractivity contribution in [2.75, 3.05) is 5.43 Å². The van der Waals surface area contributed by atoms with Crippen LogP contribution < -0.4 is 11.3 Å². The fraction of sp³-hybridized carbons (Fsp3) is 0.286. The van der Waals surface area contributed by atoms with Crippen LogP contribution in [0.2, 0.25) is 5.02 Å². The Morgan fingerprint density at radius 2 is 1.89 bits per heavy atom. The molecule has 2 rings (SSSR count). The van der Waals surface area contributed by atoms with Crippen LogP contribution in [0.5, 0.6) is 0 Å². The molecule has 0 aliphatic heterocycles. The minimum Gasteiger partial charge on any atom is -0.308 e. The quantitative estimate of drug-likeness (QED) is 0.665. The molecule has 0 atom stereocenters. The van der Waals surface area contributed by atoms with Gasteiger partial charge in [-0.05, 0) is 25.0 Å². The number of benzene rings is 1. The van der Waals surface area contributed by atoms with Crippen molar-refractivity contribution in [1.29, 1.82) is 0 Å². The minimum absolute atomic E-state index is 0.298.